The van der Waals surface area contributed by atoms with E-state index < -0.39 is 0 Å². The van der Waals surface area contributed by atoms with E-state index in [1.165, 1.54) is 0 Å². The highest BCUT2D eigenvalue weighted by molar-refractivity contribution is 5.97. The standard InChI is InChI=1S/C18H12N2O2/c21-18(13-8-9-15-16(10-13)20-11-19-15)22-17-7-3-5-12-4-1-2-6-14(12)17/h1-11H,(H,19,20). The second-order valence-corrected chi connectivity index (χ2v) is 5.00. The number of hydrogen-bond acceptors (Lipinski definition) is 3. The van der Waals surface area contributed by atoms with Crippen molar-refractivity contribution in [1.29, 1.82) is 0 Å². The van der Waals surface area contributed by atoms with Crippen molar-refractivity contribution in [3.05, 3.63) is 72.6 Å². The van der Waals surface area contributed by atoms with Crippen LogP contribution < -0.4 is 4.74 Å². The number of nitrogens with zero attached hydrogens (tertiary/aromatic N) is 1. The van der Waals surface area contributed by atoms with Gasteiger partial charge in [-0.2, -0.15) is 0 Å². The van der Waals surface area contributed by atoms with Crippen LogP contribution in [-0.4, -0.2) is 15.9 Å². The van der Waals surface area contributed by atoms with E-state index >= 15 is 0 Å². The van der Waals surface area contributed by atoms with Crippen molar-refractivity contribution in [1.82, 2.24) is 9.97 Å². The highest BCUT2D eigenvalue weighted by Crippen LogP contribution is 2.26. The molecule has 4 rings (SSSR count). The number of ether oxygens (including phenoxy) is 1. The summed E-state index contributed by atoms with van der Waals surface area (Å²) in [4.78, 5) is 19.5. The summed E-state index contributed by atoms with van der Waals surface area (Å²) >= 11 is 0. The van der Waals surface area contributed by atoms with Crippen LogP contribution in [0.5, 0.6) is 5.75 Å². The molecule has 1 N–H and O–H groups in total. The largest absolute Gasteiger partial charge is 0.422 e. The Hall–Kier alpha value is -3.14. The van der Waals surface area contributed by atoms with Gasteiger partial charge in [0.2, 0.25) is 0 Å². The normalized spacial score (nSPS) is 10.9. The maximum Gasteiger partial charge on any atom is 0.343 e. The van der Waals surface area contributed by atoms with Gasteiger partial charge in [-0.3, -0.25) is 0 Å². The van der Waals surface area contributed by atoms with Gasteiger partial charge >= 0.3 is 5.97 Å². The van der Waals surface area contributed by atoms with Gasteiger partial charge in [0.05, 0.1) is 22.9 Å². The number of carbonyl (C=O) groups is 1. The number of benzene rings is 3. The lowest BCUT2D eigenvalue weighted by atomic mass is 10.1. The van der Waals surface area contributed by atoms with E-state index in [9.17, 15) is 4.79 Å². The number of aromatic nitrogens is 2. The summed E-state index contributed by atoms with van der Waals surface area (Å²) in [5, 5.41) is 1.96. The van der Waals surface area contributed by atoms with Crippen LogP contribution in [0.15, 0.2) is 67.0 Å². The third-order valence-electron chi connectivity index (χ3n) is 3.61. The minimum absolute atomic E-state index is 0.382. The first-order chi connectivity index (χ1) is 10.8. The lowest BCUT2D eigenvalue weighted by Gasteiger charge is -2.07. The van der Waals surface area contributed by atoms with E-state index in [4.69, 9.17) is 4.74 Å². The summed E-state index contributed by atoms with van der Waals surface area (Å²) in [6.45, 7) is 0. The van der Waals surface area contributed by atoms with Gasteiger partial charge in [-0.15, -0.1) is 0 Å². The molecular weight excluding hydrogens is 276 g/mol. The molecule has 4 heteroatoms. The zero-order valence-corrected chi connectivity index (χ0v) is 11.6. The lowest BCUT2D eigenvalue weighted by molar-refractivity contribution is 0.0737. The van der Waals surface area contributed by atoms with E-state index in [0.717, 1.165) is 21.8 Å². The van der Waals surface area contributed by atoms with Crippen LogP contribution in [0.4, 0.5) is 0 Å². The first kappa shape index (κ1) is 12.6. The summed E-state index contributed by atoms with van der Waals surface area (Å²) in [6, 6.07) is 18.7. The van der Waals surface area contributed by atoms with Crippen LogP contribution in [-0.2, 0) is 0 Å². The Morgan fingerprint density at radius 3 is 2.82 bits per heavy atom. The predicted molar refractivity (Wildman–Crippen MR) is 85.0 cm³/mol. The third kappa shape index (κ3) is 2.11. The van der Waals surface area contributed by atoms with E-state index in [0.29, 0.717) is 11.3 Å². The molecular formula is C18H12N2O2. The SMILES string of the molecule is O=C(Oc1cccc2ccccc12)c1ccc2nc[nH]c2c1. The van der Waals surface area contributed by atoms with E-state index in [1.54, 1.807) is 30.6 Å². The molecule has 0 radical (unpaired) electrons. The Labute approximate surface area is 126 Å². The number of hydrogen-bond donors (Lipinski definition) is 1. The van der Waals surface area contributed by atoms with Gasteiger partial charge in [0.15, 0.2) is 0 Å². The fourth-order valence-corrected chi connectivity index (χ4v) is 2.51. The fraction of sp³-hybridized carbons (Fsp3) is 0. The minimum atomic E-state index is -0.382. The minimum Gasteiger partial charge on any atom is -0.422 e. The summed E-state index contributed by atoms with van der Waals surface area (Å²) < 4.78 is 5.57. The molecule has 22 heavy (non-hydrogen) atoms. The van der Waals surface area contributed by atoms with Gasteiger partial charge in [-0.25, -0.2) is 9.78 Å². The van der Waals surface area contributed by atoms with E-state index in [-0.39, 0.29) is 5.97 Å². The Morgan fingerprint density at radius 1 is 1.00 bits per heavy atom. The van der Waals surface area contributed by atoms with Crippen LogP contribution in [0.25, 0.3) is 21.8 Å². The number of carbonyl (C=O) groups excluding carboxylic acids is 1. The molecule has 0 atom stereocenters. The predicted octanol–water partition coefficient (Wildman–Crippen LogP) is 3.94. The zero-order chi connectivity index (χ0) is 14.9. The van der Waals surface area contributed by atoms with Crippen LogP contribution in [0.2, 0.25) is 0 Å². The lowest BCUT2D eigenvalue weighted by Crippen LogP contribution is -2.08. The molecule has 0 aliphatic heterocycles. The maximum absolute atomic E-state index is 12.4. The molecule has 0 unspecified atom stereocenters. The molecule has 3 aromatic carbocycles. The van der Waals surface area contributed by atoms with Gasteiger partial charge in [0.1, 0.15) is 5.75 Å². The second-order valence-electron chi connectivity index (χ2n) is 5.00. The average Bonchev–Trinajstić information content (AvgIpc) is 3.02. The number of rotatable bonds is 2. The number of esters is 1. The number of aromatic amines is 1. The Balaban J connectivity index is 1.71. The van der Waals surface area contributed by atoms with Gasteiger partial charge in [-0.1, -0.05) is 36.4 Å². The quantitative estimate of drug-likeness (QED) is 0.449. The Kier molecular flexibility index (Phi) is 2.86. The highest BCUT2D eigenvalue weighted by atomic mass is 16.5. The van der Waals surface area contributed by atoms with Crippen LogP contribution in [0.3, 0.4) is 0 Å². The molecule has 0 saturated carbocycles. The molecule has 0 bridgehead atoms. The van der Waals surface area contributed by atoms with Crippen LogP contribution in [0, 0.1) is 0 Å². The molecule has 0 fully saturated rings. The smallest absolute Gasteiger partial charge is 0.343 e. The fourth-order valence-electron chi connectivity index (χ4n) is 2.51. The molecule has 0 saturated heterocycles. The average molecular weight is 288 g/mol. The third-order valence-corrected chi connectivity index (χ3v) is 3.61. The van der Waals surface area contributed by atoms with Crippen molar-refractivity contribution in [2.24, 2.45) is 0 Å². The number of imidazole rings is 1. The zero-order valence-electron chi connectivity index (χ0n) is 11.6. The number of H-pyrrole nitrogens is 1. The number of fused-ring (bicyclic) bond motifs is 2. The van der Waals surface area contributed by atoms with Crippen molar-refractivity contribution < 1.29 is 9.53 Å². The van der Waals surface area contributed by atoms with Crippen molar-refractivity contribution in [3.8, 4) is 5.75 Å². The number of nitrogens with one attached hydrogen (secondary N) is 1. The molecule has 0 spiro atoms. The molecule has 0 amide bonds. The maximum atomic E-state index is 12.4. The topological polar surface area (TPSA) is 55.0 Å². The second kappa shape index (κ2) is 5.00. The summed E-state index contributed by atoms with van der Waals surface area (Å²) in [7, 11) is 0. The first-order valence-electron chi connectivity index (χ1n) is 6.94. The monoisotopic (exact) mass is 288 g/mol. The van der Waals surface area contributed by atoms with E-state index in [1.807, 2.05) is 36.4 Å². The van der Waals surface area contributed by atoms with Crippen molar-refractivity contribution >= 4 is 27.8 Å². The summed E-state index contributed by atoms with van der Waals surface area (Å²) in [5.74, 6) is 0.181. The van der Waals surface area contributed by atoms with E-state index in [2.05, 4.69) is 9.97 Å². The van der Waals surface area contributed by atoms with Gasteiger partial charge in [0.25, 0.3) is 0 Å². The molecule has 1 aromatic heterocycles. The first-order valence-corrected chi connectivity index (χ1v) is 6.94. The van der Waals surface area contributed by atoms with Crippen molar-refractivity contribution in [2.75, 3.05) is 0 Å². The molecule has 4 aromatic rings. The Morgan fingerprint density at radius 2 is 1.86 bits per heavy atom. The van der Waals surface area contributed by atoms with Gasteiger partial charge in [0, 0.05) is 5.39 Å². The van der Waals surface area contributed by atoms with Crippen molar-refractivity contribution in [3.63, 3.8) is 0 Å². The van der Waals surface area contributed by atoms with Crippen LogP contribution in [0.1, 0.15) is 10.4 Å². The summed E-state index contributed by atoms with van der Waals surface area (Å²) in [6.07, 6.45) is 1.60. The Bertz CT molecular complexity index is 983. The molecule has 106 valence electrons. The molecule has 0 aliphatic carbocycles. The molecule has 1 heterocycles. The van der Waals surface area contributed by atoms with Crippen LogP contribution >= 0.6 is 0 Å². The molecule has 0 aliphatic rings. The van der Waals surface area contributed by atoms with Crippen molar-refractivity contribution in [2.45, 2.75) is 0 Å². The highest BCUT2D eigenvalue weighted by Gasteiger charge is 2.11. The van der Waals surface area contributed by atoms with Gasteiger partial charge in [-0.05, 0) is 29.7 Å². The summed E-state index contributed by atoms with van der Waals surface area (Å²) in [5.41, 5.74) is 2.12. The van der Waals surface area contributed by atoms with Gasteiger partial charge < -0.3 is 9.72 Å². The molecule has 4 nitrogen and oxygen atoms in total.